The number of nitrogens with zero attached hydrogens (tertiary/aromatic N) is 2. The van der Waals surface area contributed by atoms with Gasteiger partial charge in [-0.2, -0.15) is 11.8 Å². The van der Waals surface area contributed by atoms with Gasteiger partial charge in [-0.15, -0.1) is 0 Å². The van der Waals surface area contributed by atoms with Crippen LogP contribution in [0.1, 0.15) is 19.8 Å². The number of carboxylic acids is 1. The molecule has 1 saturated heterocycles. The second-order valence-corrected chi connectivity index (χ2v) is 5.37. The number of hydrogen-bond acceptors (Lipinski definition) is 3. The van der Waals surface area contributed by atoms with E-state index in [4.69, 9.17) is 5.11 Å². The highest BCUT2D eigenvalue weighted by Crippen LogP contribution is 2.20. The minimum Gasteiger partial charge on any atom is -0.481 e. The van der Waals surface area contributed by atoms with Crippen LogP contribution in [-0.4, -0.2) is 64.6 Å². The maximum atomic E-state index is 12.1. The highest BCUT2D eigenvalue weighted by Gasteiger charge is 2.30. The molecule has 6 heteroatoms. The summed E-state index contributed by atoms with van der Waals surface area (Å²) in [5.41, 5.74) is 0. The molecule has 0 aliphatic carbocycles. The lowest BCUT2D eigenvalue weighted by molar-refractivity contribution is -0.138. The molecule has 0 aromatic heterocycles. The number of thioether (sulfide) groups is 1. The molecule has 0 bridgehead atoms. The first kappa shape index (κ1) is 14.2. The van der Waals surface area contributed by atoms with Crippen LogP contribution < -0.4 is 0 Å². The second-order valence-electron chi connectivity index (χ2n) is 4.22. The molecule has 0 saturated carbocycles. The van der Waals surface area contributed by atoms with Crippen LogP contribution in [0.25, 0.3) is 0 Å². The van der Waals surface area contributed by atoms with Gasteiger partial charge in [0.2, 0.25) is 0 Å². The van der Waals surface area contributed by atoms with Gasteiger partial charge >= 0.3 is 12.0 Å². The summed E-state index contributed by atoms with van der Waals surface area (Å²) >= 11 is 1.72. The molecule has 1 fully saturated rings. The zero-order chi connectivity index (χ0) is 12.8. The van der Waals surface area contributed by atoms with Crippen molar-refractivity contribution in [3.05, 3.63) is 0 Å². The van der Waals surface area contributed by atoms with Crippen LogP contribution in [-0.2, 0) is 4.79 Å². The fraction of sp³-hybridized carbons (Fsp3) is 0.818. The molecular formula is C11H20N2O3S. The van der Waals surface area contributed by atoms with E-state index in [0.29, 0.717) is 13.1 Å². The van der Waals surface area contributed by atoms with E-state index >= 15 is 0 Å². The van der Waals surface area contributed by atoms with Crippen molar-refractivity contribution >= 4 is 23.8 Å². The van der Waals surface area contributed by atoms with Gasteiger partial charge in [0.05, 0.1) is 12.5 Å². The number of urea groups is 1. The van der Waals surface area contributed by atoms with Gasteiger partial charge in [0.25, 0.3) is 0 Å². The van der Waals surface area contributed by atoms with Gasteiger partial charge in [-0.05, 0) is 6.42 Å². The Morgan fingerprint density at radius 2 is 2.24 bits per heavy atom. The van der Waals surface area contributed by atoms with Gasteiger partial charge in [-0.3, -0.25) is 4.79 Å². The Morgan fingerprint density at radius 1 is 1.53 bits per heavy atom. The van der Waals surface area contributed by atoms with Crippen molar-refractivity contribution in [3.8, 4) is 0 Å². The Kier molecular flexibility index (Phi) is 5.61. The summed E-state index contributed by atoms with van der Waals surface area (Å²) in [6.45, 7) is 3.38. The molecule has 1 atom stereocenters. The van der Waals surface area contributed by atoms with E-state index in [9.17, 15) is 9.59 Å². The Bertz CT molecular complexity index is 286. The Labute approximate surface area is 106 Å². The highest BCUT2D eigenvalue weighted by molar-refractivity contribution is 7.99. The summed E-state index contributed by atoms with van der Waals surface area (Å²) in [5, 5.41) is 8.85. The lowest BCUT2D eigenvalue weighted by atomic mass is 10.2. The molecule has 1 N–H and O–H groups in total. The zero-order valence-corrected chi connectivity index (χ0v) is 11.2. The van der Waals surface area contributed by atoms with Crippen molar-refractivity contribution in [2.75, 3.05) is 31.6 Å². The normalized spacial score (nSPS) is 20.1. The highest BCUT2D eigenvalue weighted by atomic mass is 32.2. The maximum absolute atomic E-state index is 12.1. The van der Waals surface area contributed by atoms with Gasteiger partial charge in [0, 0.05) is 31.6 Å². The molecule has 1 rings (SSSR count). The molecule has 0 spiro atoms. The Morgan fingerprint density at radius 3 is 2.82 bits per heavy atom. The van der Waals surface area contributed by atoms with Crippen LogP contribution in [0.15, 0.2) is 0 Å². The molecule has 5 nitrogen and oxygen atoms in total. The molecule has 98 valence electrons. The average Bonchev–Trinajstić information content (AvgIpc) is 2.28. The molecule has 1 aliphatic heterocycles. The van der Waals surface area contributed by atoms with Crippen LogP contribution in [0.4, 0.5) is 4.79 Å². The van der Waals surface area contributed by atoms with Gasteiger partial charge in [-0.1, -0.05) is 6.92 Å². The van der Waals surface area contributed by atoms with Gasteiger partial charge in [-0.25, -0.2) is 4.79 Å². The summed E-state index contributed by atoms with van der Waals surface area (Å²) in [5.74, 6) is 0.772. The van der Waals surface area contributed by atoms with Gasteiger partial charge in [0.1, 0.15) is 0 Å². The molecule has 1 unspecified atom stereocenters. The first-order valence-electron chi connectivity index (χ1n) is 5.87. The standard InChI is InChI=1S/C11H20N2O3S/c1-3-4-12(2)11(16)13-5-6-17-8-9(13)7-10(14)15/h9H,3-8H2,1-2H3,(H,14,15). The number of carbonyl (C=O) groups is 2. The van der Waals surface area contributed by atoms with Crippen LogP contribution in [0, 0.1) is 0 Å². The molecule has 1 aliphatic rings. The lowest BCUT2D eigenvalue weighted by Gasteiger charge is -2.37. The third kappa shape index (κ3) is 4.11. The fourth-order valence-electron chi connectivity index (χ4n) is 1.93. The zero-order valence-electron chi connectivity index (χ0n) is 10.4. The van der Waals surface area contributed by atoms with E-state index in [0.717, 1.165) is 17.9 Å². The third-order valence-electron chi connectivity index (χ3n) is 2.77. The first-order chi connectivity index (χ1) is 8.06. The van der Waals surface area contributed by atoms with E-state index in [1.807, 2.05) is 6.92 Å². The van der Waals surface area contributed by atoms with Crippen molar-refractivity contribution in [3.63, 3.8) is 0 Å². The van der Waals surface area contributed by atoms with Gasteiger partial charge < -0.3 is 14.9 Å². The minimum atomic E-state index is -0.839. The smallest absolute Gasteiger partial charge is 0.320 e. The SMILES string of the molecule is CCCN(C)C(=O)N1CCSCC1CC(=O)O. The van der Waals surface area contributed by atoms with E-state index in [1.54, 1.807) is 28.6 Å². The predicted octanol–water partition coefficient (Wildman–Crippen LogP) is 1.34. The number of rotatable bonds is 4. The molecular weight excluding hydrogens is 240 g/mol. The van der Waals surface area contributed by atoms with Crippen molar-refractivity contribution in [1.82, 2.24) is 9.80 Å². The number of carboxylic acid groups (broad SMARTS) is 1. The fourth-order valence-corrected chi connectivity index (χ4v) is 2.99. The summed E-state index contributed by atoms with van der Waals surface area (Å²) in [6.07, 6.45) is 0.952. The Hall–Kier alpha value is -0.910. The summed E-state index contributed by atoms with van der Waals surface area (Å²) < 4.78 is 0. The van der Waals surface area contributed by atoms with Crippen LogP contribution in [0.3, 0.4) is 0 Å². The van der Waals surface area contributed by atoms with Crippen molar-refractivity contribution < 1.29 is 14.7 Å². The van der Waals surface area contributed by atoms with E-state index in [1.165, 1.54) is 0 Å². The van der Waals surface area contributed by atoms with E-state index < -0.39 is 5.97 Å². The van der Waals surface area contributed by atoms with E-state index in [2.05, 4.69) is 0 Å². The van der Waals surface area contributed by atoms with Crippen molar-refractivity contribution in [2.45, 2.75) is 25.8 Å². The largest absolute Gasteiger partial charge is 0.481 e. The molecule has 0 aromatic rings. The molecule has 2 amide bonds. The number of amides is 2. The average molecular weight is 260 g/mol. The molecule has 0 aromatic carbocycles. The summed E-state index contributed by atoms with van der Waals surface area (Å²) in [7, 11) is 1.77. The maximum Gasteiger partial charge on any atom is 0.320 e. The van der Waals surface area contributed by atoms with E-state index in [-0.39, 0.29) is 18.5 Å². The number of carbonyl (C=O) groups excluding carboxylic acids is 1. The molecule has 0 radical (unpaired) electrons. The van der Waals surface area contributed by atoms with Crippen LogP contribution >= 0.6 is 11.8 Å². The Balaban J connectivity index is 2.63. The van der Waals surface area contributed by atoms with Crippen LogP contribution in [0.2, 0.25) is 0 Å². The molecule has 17 heavy (non-hydrogen) atoms. The summed E-state index contributed by atoms with van der Waals surface area (Å²) in [6, 6.07) is -0.212. The lowest BCUT2D eigenvalue weighted by Crippen LogP contribution is -2.51. The minimum absolute atomic E-state index is 0.0404. The third-order valence-corrected chi connectivity index (χ3v) is 3.86. The summed E-state index contributed by atoms with van der Waals surface area (Å²) in [4.78, 5) is 26.3. The van der Waals surface area contributed by atoms with Gasteiger partial charge in [0.15, 0.2) is 0 Å². The number of hydrogen-bond donors (Lipinski definition) is 1. The predicted molar refractivity (Wildman–Crippen MR) is 68.4 cm³/mol. The second kappa shape index (κ2) is 6.74. The number of aliphatic carboxylic acids is 1. The van der Waals surface area contributed by atoms with Crippen molar-refractivity contribution in [1.29, 1.82) is 0 Å². The monoisotopic (exact) mass is 260 g/mol. The van der Waals surface area contributed by atoms with Crippen LogP contribution in [0.5, 0.6) is 0 Å². The quantitative estimate of drug-likeness (QED) is 0.828. The first-order valence-corrected chi connectivity index (χ1v) is 7.03. The van der Waals surface area contributed by atoms with Crippen molar-refractivity contribution in [2.24, 2.45) is 0 Å². The topological polar surface area (TPSA) is 60.9 Å². The molecule has 1 heterocycles.